The molecule has 1 amide bonds. The second kappa shape index (κ2) is 10.5. The van der Waals surface area contributed by atoms with Gasteiger partial charge in [-0.15, -0.1) is 35.3 Å². The van der Waals surface area contributed by atoms with Gasteiger partial charge in [-0.3, -0.25) is 9.79 Å². The number of nitrogens with one attached hydrogen (secondary N) is 1. The Kier molecular flexibility index (Phi) is 9.47. The number of amides is 1. The van der Waals surface area contributed by atoms with Crippen LogP contribution in [0.5, 0.6) is 0 Å². The summed E-state index contributed by atoms with van der Waals surface area (Å²) >= 11 is 7.28. The third-order valence-corrected chi connectivity index (χ3v) is 5.30. The minimum atomic E-state index is -0.622. The lowest BCUT2D eigenvalue weighted by atomic mass is 10.1. The van der Waals surface area contributed by atoms with Crippen molar-refractivity contribution in [3.05, 3.63) is 21.3 Å². The number of aliphatic imine (C=N–C) groups is 1. The molecule has 0 spiro atoms. The van der Waals surface area contributed by atoms with E-state index in [0.29, 0.717) is 24.0 Å². The maximum Gasteiger partial charge on any atom is 0.225 e. The van der Waals surface area contributed by atoms with Gasteiger partial charge in [-0.25, -0.2) is 0 Å². The number of hydrogen-bond donors (Lipinski definition) is 2. The number of aliphatic hydroxyl groups is 1. The average molecular weight is 501 g/mol. The fourth-order valence-corrected chi connectivity index (χ4v) is 3.68. The van der Waals surface area contributed by atoms with E-state index in [2.05, 4.69) is 15.2 Å². The maximum absolute atomic E-state index is 12.0. The van der Waals surface area contributed by atoms with Crippen LogP contribution in [-0.2, 0) is 4.79 Å². The quantitative estimate of drug-likeness (QED) is 0.379. The Morgan fingerprint density at radius 3 is 2.40 bits per heavy atom. The van der Waals surface area contributed by atoms with Gasteiger partial charge in [0.05, 0.1) is 4.34 Å². The number of nitrogens with zero attached hydrogens (tertiary/aromatic N) is 3. The third kappa shape index (κ3) is 6.26. The fourth-order valence-electron chi connectivity index (χ4n) is 2.63. The molecule has 2 N–H and O–H groups in total. The van der Waals surface area contributed by atoms with Crippen molar-refractivity contribution in [3.8, 4) is 0 Å². The molecule has 2 rings (SSSR count). The van der Waals surface area contributed by atoms with Crippen molar-refractivity contribution in [1.29, 1.82) is 0 Å². The summed E-state index contributed by atoms with van der Waals surface area (Å²) in [5.41, 5.74) is 0. The average Bonchev–Trinajstić information content (AvgIpc) is 3.01. The normalized spacial score (nSPS) is 16.6. The highest BCUT2D eigenvalue weighted by Gasteiger charge is 2.24. The lowest BCUT2D eigenvalue weighted by Crippen LogP contribution is -2.54. The van der Waals surface area contributed by atoms with Gasteiger partial charge in [0.25, 0.3) is 0 Å². The molecule has 0 radical (unpaired) electrons. The zero-order valence-electron chi connectivity index (χ0n) is 14.7. The maximum atomic E-state index is 12.0. The number of rotatable bonds is 4. The third-order valence-electron chi connectivity index (χ3n) is 3.97. The molecule has 1 saturated heterocycles. The second-order valence-corrected chi connectivity index (χ2v) is 7.80. The molecule has 25 heavy (non-hydrogen) atoms. The number of hydrogen-bond acceptors (Lipinski definition) is 4. The molecule has 1 aliphatic heterocycles. The highest BCUT2D eigenvalue weighted by molar-refractivity contribution is 14.0. The number of carbonyl (C=O) groups is 1. The Hall–Kier alpha value is -0.580. The van der Waals surface area contributed by atoms with Crippen molar-refractivity contribution < 1.29 is 9.90 Å². The smallest absolute Gasteiger partial charge is 0.225 e. The van der Waals surface area contributed by atoms with Gasteiger partial charge in [0.15, 0.2) is 5.96 Å². The lowest BCUT2D eigenvalue weighted by molar-refractivity contribution is -0.135. The van der Waals surface area contributed by atoms with Gasteiger partial charge in [-0.05, 0) is 12.1 Å². The van der Waals surface area contributed by atoms with Crippen LogP contribution in [0, 0.1) is 5.92 Å². The summed E-state index contributed by atoms with van der Waals surface area (Å²) in [4.78, 5) is 21.2. The lowest BCUT2D eigenvalue weighted by Gasteiger charge is -2.37. The highest BCUT2D eigenvalue weighted by atomic mass is 127. The molecule has 0 bridgehead atoms. The summed E-state index contributed by atoms with van der Waals surface area (Å²) in [6.45, 7) is 7.08. The van der Waals surface area contributed by atoms with E-state index in [-0.39, 0.29) is 35.8 Å². The predicted octanol–water partition coefficient (Wildman–Crippen LogP) is 2.43. The molecule has 6 nitrogen and oxygen atoms in total. The largest absolute Gasteiger partial charge is 0.386 e. The highest BCUT2D eigenvalue weighted by Crippen LogP contribution is 2.26. The minimum absolute atomic E-state index is 0. The Morgan fingerprint density at radius 1 is 1.32 bits per heavy atom. The van der Waals surface area contributed by atoms with Crippen molar-refractivity contribution in [2.24, 2.45) is 10.9 Å². The zero-order chi connectivity index (χ0) is 17.7. The van der Waals surface area contributed by atoms with Gasteiger partial charge < -0.3 is 20.2 Å². The summed E-state index contributed by atoms with van der Waals surface area (Å²) < 4.78 is 0.666. The SMILES string of the molecule is CN=C(NCC(O)c1ccc(Cl)s1)N1CCN(C(=O)C(C)C)CC1.I. The van der Waals surface area contributed by atoms with E-state index in [1.165, 1.54) is 11.3 Å². The Labute approximate surface area is 175 Å². The monoisotopic (exact) mass is 500 g/mol. The van der Waals surface area contributed by atoms with E-state index < -0.39 is 6.10 Å². The summed E-state index contributed by atoms with van der Waals surface area (Å²) in [6, 6.07) is 3.61. The number of halogens is 2. The molecule has 2 heterocycles. The summed E-state index contributed by atoms with van der Waals surface area (Å²) in [5, 5.41) is 13.4. The Balaban J connectivity index is 0.00000312. The topological polar surface area (TPSA) is 68.2 Å². The van der Waals surface area contributed by atoms with Crippen LogP contribution in [0.1, 0.15) is 24.8 Å². The number of guanidine groups is 1. The summed E-state index contributed by atoms with van der Waals surface area (Å²) in [7, 11) is 1.72. The molecule has 9 heteroatoms. The summed E-state index contributed by atoms with van der Waals surface area (Å²) in [5.74, 6) is 0.970. The van der Waals surface area contributed by atoms with Gasteiger partial charge in [0.1, 0.15) is 6.10 Å². The number of piperazine rings is 1. The molecule has 1 aliphatic rings. The molecular weight excluding hydrogens is 475 g/mol. The van der Waals surface area contributed by atoms with E-state index in [1.807, 2.05) is 24.8 Å². The first-order valence-electron chi connectivity index (χ1n) is 8.10. The van der Waals surface area contributed by atoms with Crippen LogP contribution in [0.4, 0.5) is 0 Å². The molecule has 0 saturated carbocycles. The van der Waals surface area contributed by atoms with E-state index >= 15 is 0 Å². The minimum Gasteiger partial charge on any atom is -0.386 e. The van der Waals surface area contributed by atoms with Gasteiger partial charge in [-0.2, -0.15) is 0 Å². The molecule has 1 aromatic heterocycles. The fraction of sp³-hybridized carbons (Fsp3) is 0.625. The van der Waals surface area contributed by atoms with Gasteiger partial charge in [0.2, 0.25) is 5.91 Å². The first-order valence-corrected chi connectivity index (χ1v) is 9.29. The van der Waals surface area contributed by atoms with E-state index in [1.54, 1.807) is 13.1 Å². The van der Waals surface area contributed by atoms with Crippen LogP contribution in [0.25, 0.3) is 0 Å². The van der Waals surface area contributed by atoms with Crippen LogP contribution >= 0.6 is 46.9 Å². The first kappa shape index (κ1) is 22.5. The van der Waals surface area contributed by atoms with Gasteiger partial charge in [-0.1, -0.05) is 25.4 Å². The van der Waals surface area contributed by atoms with Gasteiger partial charge >= 0.3 is 0 Å². The number of thiophene rings is 1. The van der Waals surface area contributed by atoms with E-state index in [9.17, 15) is 9.90 Å². The van der Waals surface area contributed by atoms with Gasteiger partial charge in [0, 0.05) is 50.6 Å². The molecule has 0 aromatic carbocycles. The van der Waals surface area contributed by atoms with E-state index in [4.69, 9.17) is 11.6 Å². The van der Waals surface area contributed by atoms with Crippen LogP contribution < -0.4 is 5.32 Å². The molecular formula is C16H26ClIN4O2S. The molecule has 0 aliphatic carbocycles. The van der Waals surface area contributed by atoms with Crippen LogP contribution in [0.15, 0.2) is 17.1 Å². The van der Waals surface area contributed by atoms with Crippen LogP contribution in [0.3, 0.4) is 0 Å². The van der Waals surface area contributed by atoms with Crippen molar-refractivity contribution in [2.45, 2.75) is 20.0 Å². The summed E-state index contributed by atoms with van der Waals surface area (Å²) in [6.07, 6.45) is -0.622. The Morgan fingerprint density at radius 2 is 1.92 bits per heavy atom. The zero-order valence-corrected chi connectivity index (χ0v) is 18.6. The van der Waals surface area contributed by atoms with Crippen molar-refractivity contribution in [3.63, 3.8) is 0 Å². The standard InChI is InChI=1S/C16H25ClN4O2S.HI/c1-11(2)15(23)20-6-8-21(9-7-20)16(18-3)19-10-12(22)13-4-5-14(17)24-13;/h4-5,11-12,22H,6-10H2,1-3H3,(H,18,19);1H. The van der Waals surface area contributed by atoms with E-state index in [0.717, 1.165) is 23.9 Å². The molecule has 1 unspecified atom stereocenters. The number of carbonyl (C=O) groups excluding carboxylic acids is 1. The molecule has 142 valence electrons. The molecule has 1 atom stereocenters. The van der Waals surface area contributed by atoms with Crippen LogP contribution in [-0.4, -0.2) is 66.5 Å². The number of aliphatic hydroxyl groups excluding tert-OH is 1. The first-order chi connectivity index (χ1) is 11.4. The predicted molar refractivity (Wildman–Crippen MR) is 114 cm³/mol. The second-order valence-electron chi connectivity index (χ2n) is 6.05. The van der Waals surface area contributed by atoms with Crippen molar-refractivity contribution in [1.82, 2.24) is 15.1 Å². The molecule has 1 aromatic rings. The van der Waals surface area contributed by atoms with Crippen molar-refractivity contribution >= 4 is 58.8 Å². The Bertz CT molecular complexity index is 588. The van der Waals surface area contributed by atoms with Crippen molar-refractivity contribution in [2.75, 3.05) is 39.8 Å². The van der Waals surface area contributed by atoms with Crippen LogP contribution in [0.2, 0.25) is 4.34 Å². The molecule has 1 fully saturated rings.